The van der Waals surface area contributed by atoms with Crippen LogP contribution in [0.4, 0.5) is 0 Å². The maximum atomic E-state index is 12.3. The Morgan fingerprint density at radius 2 is 2.00 bits per heavy atom. The van der Waals surface area contributed by atoms with Gasteiger partial charge in [0, 0.05) is 18.5 Å². The summed E-state index contributed by atoms with van der Waals surface area (Å²) >= 11 is 1.52. The largest absolute Gasteiger partial charge is 0.493 e. The molecule has 2 aromatic rings. The summed E-state index contributed by atoms with van der Waals surface area (Å²) in [4.78, 5) is 18.7. The average Bonchev–Trinajstić information content (AvgIpc) is 3.11. The van der Waals surface area contributed by atoms with Gasteiger partial charge in [0.05, 0.1) is 19.3 Å². The third kappa shape index (κ3) is 5.44. The lowest BCUT2D eigenvalue weighted by Gasteiger charge is -2.27. The molecule has 0 aliphatic heterocycles. The van der Waals surface area contributed by atoms with Crippen LogP contribution in [-0.4, -0.2) is 42.7 Å². The highest BCUT2D eigenvalue weighted by molar-refractivity contribution is 7.09. The molecule has 1 amide bonds. The average molecular weight is 378 g/mol. The molecule has 0 bridgehead atoms. The minimum atomic E-state index is -0.0262. The number of rotatable bonds is 10. The van der Waals surface area contributed by atoms with Gasteiger partial charge in [-0.05, 0) is 25.5 Å². The van der Waals surface area contributed by atoms with E-state index < -0.39 is 0 Å². The Labute approximate surface area is 158 Å². The van der Waals surface area contributed by atoms with E-state index in [9.17, 15) is 4.79 Å². The molecule has 0 N–H and O–H groups in total. The van der Waals surface area contributed by atoms with E-state index in [0.717, 1.165) is 17.1 Å². The molecule has 0 radical (unpaired) electrons. The number of para-hydroxylation sites is 2. The molecule has 2 rings (SSSR count). The molecule has 0 aliphatic rings. The number of carbonyl (C=O) groups excluding carboxylic acids is 1. The number of amides is 1. The normalized spacial score (nSPS) is 11.8. The molecule has 1 heterocycles. The van der Waals surface area contributed by atoms with Crippen LogP contribution in [0.2, 0.25) is 0 Å². The quantitative estimate of drug-likeness (QED) is 0.633. The summed E-state index contributed by atoms with van der Waals surface area (Å²) in [7, 11) is 3.15. The van der Waals surface area contributed by atoms with Gasteiger partial charge < -0.3 is 19.1 Å². The molecule has 7 heteroatoms. The summed E-state index contributed by atoms with van der Waals surface area (Å²) in [6.45, 7) is 5.01. The lowest BCUT2D eigenvalue weighted by Crippen LogP contribution is -2.39. The maximum absolute atomic E-state index is 12.3. The van der Waals surface area contributed by atoms with Crippen LogP contribution in [0.3, 0.4) is 0 Å². The van der Waals surface area contributed by atoms with Crippen molar-refractivity contribution in [2.45, 2.75) is 39.5 Å². The van der Waals surface area contributed by atoms with Gasteiger partial charge in [0.2, 0.25) is 5.91 Å². The van der Waals surface area contributed by atoms with Gasteiger partial charge in [0.15, 0.2) is 11.5 Å². The Hall–Kier alpha value is -2.12. The summed E-state index contributed by atoms with van der Waals surface area (Å²) in [5.41, 5.74) is 0.860. The lowest BCUT2D eigenvalue weighted by molar-refractivity contribution is -0.138. The van der Waals surface area contributed by atoms with Crippen LogP contribution in [0, 0.1) is 0 Å². The first-order valence-corrected chi connectivity index (χ1v) is 9.44. The van der Waals surface area contributed by atoms with Gasteiger partial charge in [0.25, 0.3) is 0 Å². The first-order chi connectivity index (χ1) is 12.6. The highest BCUT2D eigenvalue weighted by Gasteiger charge is 2.20. The number of aromatic nitrogens is 1. The van der Waals surface area contributed by atoms with Gasteiger partial charge in [-0.2, -0.15) is 0 Å². The van der Waals surface area contributed by atoms with Crippen LogP contribution >= 0.6 is 11.3 Å². The molecular weight excluding hydrogens is 352 g/mol. The Balaban J connectivity index is 2.00. The fourth-order valence-electron chi connectivity index (χ4n) is 2.46. The van der Waals surface area contributed by atoms with Crippen LogP contribution in [0.25, 0.3) is 0 Å². The number of thiazole rings is 1. The number of hydrogen-bond donors (Lipinski definition) is 0. The van der Waals surface area contributed by atoms with Crippen LogP contribution in [-0.2, 0) is 22.7 Å². The van der Waals surface area contributed by atoms with E-state index in [2.05, 4.69) is 11.9 Å². The molecule has 1 aromatic carbocycles. The van der Waals surface area contributed by atoms with Gasteiger partial charge in [-0.15, -0.1) is 11.3 Å². The smallest absolute Gasteiger partial charge is 0.249 e. The monoisotopic (exact) mass is 378 g/mol. The summed E-state index contributed by atoms with van der Waals surface area (Å²) in [6.07, 6.45) is 0.878. The fraction of sp³-hybridized carbons (Fsp3) is 0.474. The highest BCUT2D eigenvalue weighted by Crippen LogP contribution is 2.27. The second-order valence-corrected chi connectivity index (χ2v) is 6.83. The molecule has 0 spiro atoms. The molecule has 0 aliphatic carbocycles. The van der Waals surface area contributed by atoms with Crippen molar-refractivity contribution in [1.29, 1.82) is 0 Å². The molecule has 142 valence electrons. The molecule has 0 fully saturated rings. The topological polar surface area (TPSA) is 60.9 Å². The zero-order valence-corrected chi connectivity index (χ0v) is 16.5. The van der Waals surface area contributed by atoms with Crippen LogP contribution < -0.4 is 9.47 Å². The van der Waals surface area contributed by atoms with E-state index in [4.69, 9.17) is 14.2 Å². The zero-order chi connectivity index (χ0) is 18.9. The molecule has 0 unspecified atom stereocenters. The minimum absolute atomic E-state index is 0.0262. The van der Waals surface area contributed by atoms with E-state index in [1.807, 2.05) is 41.5 Å². The third-order valence-electron chi connectivity index (χ3n) is 4.06. The maximum Gasteiger partial charge on any atom is 0.249 e. The summed E-state index contributed by atoms with van der Waals surface area (Å²) in [5, 5.41) is 2.82. The van der Waals surface area contributed by atoms with E-state index >= 15 is 0 Å². The first-order valence-electron chi connectivity index (χ1n) is 8.56. The van der Waals surface area contributed by atoms with Crippen LogP contribution in [0.1, 0.15) is 31.0 Å². The van der Waals surface area contributed by atoms with E-state index in [1.165, 1.54) is 18.4 Å². The predicted molar refractivity (Wildman–Crippen MR) is 102 cm³/mol. The number of hydrogen-bond acceptors (Lipinski definition) is 6. The SMILES string of the molecule is CC[C@H](C)N(Cc1csc(COc2ccccc2OC)n1)C(=O)COC. The van der Waals surface area contributed by atoms with Crippen molar-refractivity contribution in [3.63, 3.8) is 0 Å². The van der Waals surface area contributed by atoms with Gasteiger partial charge in [-0.1, -0.05) is 19.1 Å². The van der Waals surface area contributed by atoms with E-state index in [-0.39, 0.29) is 18.6 Å². The molecular formula is C19H26N2O4S. The molecule has 0 saturated heterocycles. The van der Waals surface area contributed by atoms with Crippen molar-refractivity contribution in [3.05, 3.63) is 40.3 Å². The number of methoxy groups -OCH3 is 2. The van der Waals surface area contributed by atoms with Crippen molar-refractivity contribution in [3.8, 4) is 11.5 Å². The van der Waals surface area contributed by atoms with Crippen molar-refractivity contribution >= 4 is 17.2 Å². The number of nitrogens with zero attached hydrogens (tertiary/aromatic N) is 2. The Bertz CT molecular complexity index is 704. The molecule has 26 heavy (non-hydrogen) atoms. The predicted octanol–water partition coefficient (Wildman–Crippen LogP) is 3.50. The standard InChI is InChI=1S/C19H26N2O4S/c1-5-14(2)21(19(22)12-23-3)10-15-13-26-18(20-15)11-25-17-9-7-6-8-16(17)24-4/h6-9,13-14H,5,10-12H2,1-4H3/t14-/m0/s1. The fourth-order valence-corrected chi connectivity index (χ4v) is 3.15. The van der Waals surface area contributed by atoms with Crippen molar-refractivity contribution in [1.82, 2.24) is 9.88 Å². The second-order valence-electron chi connectivity index (χ2n) is 5.88. The van der Waals surface area contributed by atoms with Crippen molar-refractivity contribution < 1.29 is 19.0 Å². The molecule has 0 saturated carbocycles. The summed E-state index contributed by atoms with van der Waals surface area (Å²) < 4.78 is 16.1. The van der Waals surface area contributed by atoms with Crippen LogP contribution in [0.15, 0.2) is 29.6 Å². The van der Waals surface area contributed by atoms with Gasteiger partial charge in [-0.25, -0.2) is 4.98 Å². The first kappa shape index (κ1) is 20.2. The van der Waals surface area contributed by atoms with E-state index in [1.54, 1.807) is 7.11 Å². The highest BCUT2D eigenvalue weighted by atomic mass is 32.1. The zero-order valence-electron chi connectivity index (χ0n) is 15.7. The third-order valence-corrected chi connectivity index (χ3v) is 4.93. The Morgan fingerprint density at radius 1 is 1.27 bits per heavy atom. The molecule has 1 atom stereocenters. The molecule has 1 aromatic heterocycles. The second kappa shape index (κ2) is 10.1. The lowest BCUT2D eigenvalue weighted by atomic mass is 10.2. The Morgan fingerprint density at radius 3 is 2.65 bits per heavy atom. The number of carbonyl (C=O) groups is 1. The van der Waals surface area contributed by atoms with Gasteiger partial charge in [0.1, 0.15) is 18.2 Å². The minimum Gasteiger partial charge on any atom is -0.493 e. The van der Waals surface area contributed by atoms with Crippen LogP contribution in [0.5, 0.6) is 11.5 Å². The van der Waals surface area contributed by atoms with Crippen molar-refractivity contribution in [2.75, 3.05) is 20.8 Å². The number of benzene rings is 1. The Kier molecular flexibility index (Phi) is 7.87. The number of ether oxygens (including phenoxy) is 3. The van der Waals surface area contributed by atoms with E-state index in [0.29, 0.717) is 24.7 Å². The molecule has 6 nitrogen and oxygen atoms in total. The van der Waals surface area contributed by atoms with Crippen molar-refractivity contribution in [2.24, 2.45) is 0 Å². The van der Waals surface area contributed by atoms with Gasteiger partial charge in [-0.3, -0.25) is 4.79 Å². The summed E-state index contributed by atoms with van der Waals surface area (Å²) in [5.74, 6) is 1.35. The van der Waals surface area contributed by atoms with Gasteiger partial charge >= 0.3 is 0 Å². The summed E-state index contributed by atoms with van der Waals surface area (Å²) in [6, 6.07) is 7.65.